The minimum atomic E-state index is -0.241. The second-order valence-electron chi connectivity index (χ2n) is 14.6. The van der Waals surface area contributed by atoms with Crippen molar-refractivity contribution in [1.82, 2.24) is 5.32 Å². The smallest absolute Gasteiger partial charge is 0.220 e. The molecule has 0 aromatic carbocycles. The van der Waals surface area contributed by atoms with E-state index < -0.39 is 0 Å². The molecule has 5 nitrogen and oxygen atoms in total. The maximum atomic E-state index is 12.6. The molecular weight excluding hydrogens is 448 g/mol. The fourth-order valence-electron chi connectivity index (χ4n) is 9.70. The zero-order valence-corrected chi connectivity index (χ0v) is 24.3. The number of rotatable bonds is 9. The first-order chi connectivity index (χ1) is 16.9. The molecule has 4 aliphatic carbocycles. The third kappa shape index (κ3) is 5.27. The lowest BCUT2D eigenvalue weighted by molar-refractivity contribution is -0.888. The van der Waals surface area contributed by atoms with Gasteiger partial charge in [0, 0.05) is 19.4 Å². The lowest BCUT2D eigenvalue weighted by Gasteiger charge is -2.62. The minimum absolute atomic E-state index is 0.0158. The summed E-state index contributed by atoms with van der Waals surface area (Å²) in [5.41, 5.74) is 0.273. The summed E-state index contributed by atoms with van der Waals surface area (Å²) in [4.78, 5) is 12.6. The van der Waals surface area contributed by atoms with Gasteiger partial charge in [0.25, 0.3) is 0 Å². The Morgan fingerprint density at radius 1 is 1.06 bits per heavy atom. The third-order valence-corrected chi connectivity index (χ3v) is 12.4. The standard InChI is InChI=1S/C31H56N2O3/c1-7-33(5,6)18-8-17-32-29(36)14-9-21(2)25-12-13-26-24-11-10-22-19-23(34)15-16-30(22,3)27(24)20-28(35)31(25,26)4/h21-28,34-35H,7-20H2,1-6H3/p+1/t21-,22?,23-,24?,25?,26?,27?,28+,30?,31?/m1/s1. The maximum Gasteiger partial charge on any atom is 0.220 e. The van der Waals surface area contributed by atoms with Gasteiger partial charge in [0.05, 0.1) is 39.4 Å². The van der Waals surface area contributed by atoms with Crippen LogP contribution >= 0.6 is 0 Å². The molecule has 0 aliphatic heterocycles. The van der Waals surface area contributed by atoms with Gasteiger partial charge in [-0.25, -0.2) is 0 Å². The van der Waals surface area contributed by atoms with Crippen LogP contribution in [0.5, 0.6) is 0 Å². The Labute approximate surface area is 221 Å². The molecule has 0 saturated heterocycles. The second-order valence-corrected chi connectivity index (χ2v) is 14.6. The van der Waals surface area contributed by atoms with Crippen LogP contribution in [0.2, 0.25) is 0 Å². The van der Waals surface area contributed by atoms with Crippen LogP contribution in [0, 0.1) is 46.3 Å². The Morgan fingerprint density at radius 3 is 2.53 bits per heavy atom. The Morgan fingerprint density at radius 2 is 1.81 bits per heavy atom. The van der Waals surface area contributed by atoms with E-state index in [0.29, 0.717) is 36.0 Å². The lowest BCUT2D eigenvalue weighted by Crippen LogP contribution is -2.58. The highest BCUT2D eigenvalue weighted by Crippen LogP contribution is 2.68. The van der Waals surface area contributed by atoms with Gasteiger partial charge in [-0.1, -0.05) is 20.8 Å². The van der Waals surface area contributed by atoms with Gasteiger partial charge in [0.1, 0.15) is 0 Å². The van der Waals surface area contributed by atoms with Crippen molar-refractivity contribution in [3.8, 4) is 0 Å². The molecule has 0 bridgehead atoms. The van der Waals surface area contributed by atoms with E-state index in [1.807, 2.05) is 0 Å². The molecule has 5 heteroatoms. The first-order valence-corrected chi connectivity index (χ1v) is 15.4. The predicted molar refractivity (Wildman–Crippen MR) is 146 cm³/mol. The van der Waals surface area contributed by atoms with Crippen LogP contribution in [0.25, 0.3) is 0 Å². The van der Waals surface area contributed by atoms with Gasteiger partial charge in [0.2, 0.25) is 5.91 Å². The van der Waals surface area contributed by atoms with Gasteiger partial charge in [-0.05, 0) is 111 Å². The fraction of sp³-hybridized carbons (Fsp3) is 0.968. The van der Waals surface area contributed by atoms with E-state index in [4.69, 9.17) is 0 Å². The maximum absolute atomic E-state index is 12.6. The summed E-state index contributed by atoms with van der Waals surface area (Å²) in [5, 5.41) is 25.2. The van der Waals surface area contributed by atoms with E-state index in [9.17, 15) is 15.0 Å². The second kappa shape index (κ2) is 10.8. The normalized spacial score (nSPS) is 43.3. The van der Waals surface area contributed by atoms with Gasteiger partial charge >= 0.3 is 0 Å². The SMILES string of the molecule is CC[N+](C)(C)CCCNC(=O)CC[C@@H](C)C1CCC2C3CCC4C[C@H](O)CCC4(C)C3C[C@H](O)C21C. The van der Waals surface area contributed by atoms with E-state index in [2.05, 4.69) is 47.1 Å². The Hall–Kier alpha value is -0.650. The van der Waals surface area contributed by atoms with Crippen molar-refractivity contribution in [3.05, 3.63) is 0 Å². The molecule has 208 valence electrons. The van der Waals surface area contributed by atoms with Gasteiger partial charge in [-0.3, -0.25) is 4.79 Å². The first kappa shape index (κ1) is 28.4. The Kier molecular flexibility index (Phi) is 8.54. The summed E-state index contributed by atoms with van der Waals surface area (Å²) < 4.78 is 1.00. The first-order valence-electron chi connectivity index (χ1n) is 15.4. The van der Waals surface area contributed by atoms with E-state index in [0.717, 1.165) is 68.6 Å². The van der Waals surface area contributed by atoms with Crippen LogP contribution in [0.15, 0.2) is 0 Å². The highest BCUT2D eigenvalue weighted by atomic mass is 16.3. The average Bonchev–Trinajstić information content (AvgIpc) is 3.20. The van der Waals surface area contributed by atoms with Crippen molar-refractivity contribution < 1.29 is 19.5 Å². The summed E-state index contributed by atoms with van der Waals surface area (Å²) in [6.45, 7) is 12.4. The van der Waals surface area contributed by atoms with Gasteiger partial charge < -0.3 is 20.0 Å². The quantitative estimate of drug-likeness (QED) is 0.305. The lowest BCUT2D eigenvalue weighted by atomic mass is 9.43. The number of aliphatic hydroxyl groups excluding tert-OH is 2. The van der Waals surface area contributed by atoms with Crippen LogP contribution in [-0.2, 0) is 4.79 Å². The van der Waals surface area contributed by atoms with E-state index >= 15 is 0 Å². The number of nitrogens with zero attached hydrogens (tertiary/aromatic N) is 1. The molecule has 0 aromatic rings. The van der Waals surface area contributed by atoms with Crippen molar-refractivity contribution in [2.45, 2.75) is 111 Å². The number of quaternary nitrogens is 1. The molecule has 0 heterocycles. The van der Waals surface area contributed by atoms with Crippen LogP contribution in [0.4, 0.5) is 0 Å². The molecule has 10 atom stereocenters. The summed E-state index contributed by atoms with van der Waals surface area (Å²) in [6.07, 6.45) is 11.1. The number of carbonyl (C=O) groups excluding carboxylic acids is 1. The topological polar surface area (TPSA) is 69.6 Å². The minimum Gasteiger partial charge on any atom is -0.393 e. The van der Waals surface area contributed by atoms with Crippen LogP contribution in [0.3, 0.4) is 0 Å². The molecule has 4 fully saturated rings. The Bertz CT molecular complexity index is 771. The molecule has 0 aromatic heterocycles. The van der Waals surface area contributed by atoms with Crippen molar-refractivity contribution in [2.75, 3.05) is 33.7 Å². The number of hydrogen-bond acceptors (Lipinski definition) is 3. The summed E-state index contributed by atoms with van der Waals surface area (Å²) in [5.74, 6) is 3.72. The molecule has 4 rings (SSSR count). The number of aliphatic hydroxyl groups is 2. The molecule has 36 heavy (non-hydrogen) atoms. The fourth-order valence-corrected chi connectivity index (χ4v) is 9.70. The zero-order valence-electron chi connectivity index (χ0n) is 24.3. The number of carbonyl (C=O) groups is 1. The van der Waals surface area contributed by atoms with E-state index in [1.165, 1.54) is 25.7 Å². The molecule has 7 unspecified atom stereocenters. The Balaban J connectivity index is 1.33. The third-order valence-electron chi connectivity index (χ3n) is 12.4. The summed E-state index contributed by atoms with van der Waals surface area (Å²) in [6, 6.07) is 0. The van der Waals surface area contributed by atoms with Crippen molar-refractivity contribution in [1.29, 1.82) is 0 Å². The number of amides is 1. The predicted octanol–water partition coefficient (Wildman–Crippen LogP) is 5.00. The van der Waals surface area contributed by atoms with Crippen LogP contribution in [-0.4, -0.2) is 66.5 Å². The van der Waals surface area contributed by atoms with Crippen LogP contribution < -0.4 is 5.32 Å². The number of hydrogen-bond donors (Lipinski definition) is 3. The molecule has 1 amide bonds. The van der Waals surface area contributed by atoms with Gasteiger partial charge in [-0.15, -0.1) is 0 Å². The monoisotopic (exact) mass is 505 g/mol. The molecule has 3 N–H and O–H groups in total. The van der Waals surface area contributed by atoms with E-state index in [-0.39, 0.29) is 28.9 Å². The summed E-state index contributed by atoms with van der Waals surface area (Å²) >= 11 is 0. The summed E-state index contributed by atoms with van der Waals surface area (Å²) in [7, 11) is 4.48. The molecule has 0 radical (unpaired) electrons. The number of nitrogens with one attached hydrogen (secondary N) is 1. The molecular formula is C31H57N2O3+. The molecule has 4 aliphatic rings. The zero-order chi connectivity index (χ0) is 26.3. The average molecular weight is 506 g/mol. The largest absolute Gasteiger partial charge is 0.393 e. The molecule has 4 saturated carbocycles. The highest BCUT2D eigenvalue weighted by molar-refractivity contribution is 5.75. The van der Waals surface area contributed by atoms with Crippen molar-refractivity contribution in [3.63, 3.8) is 0 Å². The molecule has 0 spiro atoms. The van der Waals surface area contributed by atoms with Gasteiger partial charge in [0.15, 0.2) is 0 Å². The number of fused-ring (bicyclic) bond motifs is 5. The van der Waals surface area contributed by atoms with Crippen LogP contribution in [0.1, 0.15) is 98.3 Å². The van der Waals surface area contributed by atoms with Gasteiger partial charge in [-0.2, -0.15) is 0 Å². The van der Waals surface area contributed by atoms with E-state index in [1.54, 1.807) is 0 Å². The highest BCUT2D eigenvalue weighted by Gasteiger charge is 2.63. The van der Waals surface area contributed by atoms with Crippen molar-refractivity contribution >= 4 is 5.91 Å². The van der Waals surface area contributed by atoms with Crippen molar-refractivity contribution in [2.24, 2.45) is 46.3 Å².